The van der Waals surface area contributed by atoms with Gasteiger partial charge in [0.1, 0.15) is 0 Å². The summed E-state index contributed by atoms with van der Waals surface area (Å²) >= 11 is 0. The van der Waals surface area contributed by atoms with Crippen molar-refractivity contribution >= 4 is 5.69 Å². The standard InChI is InChI=1S/C18H21NO/c1-14(20)12-17-9-5-8-16-10-11-19(18(16)17)13-15-6-3-2-4-7-15/h2-9,14,20H,10-13H2,1H3. The van der Waals surface area contributed by atoms with Gasteiger partial charge in [-0.15, -0.1) is 0 Å². The topological polar surface area (TPSA) is 23.5 Å². The highest BCUT2D eigenvalue weighted by atomic mass is 16.3. The Balaban J connectivity index is 1.88. The molecular weight excluding hydrogens is 246 g/mol. The van der Waals surface area contributed by atoms with Crippen LogP contribution in [0.15, 0.2) is 48.5 Å². The molecule has 2 aromatic rings. The van der Waals surface area contributed by atoms with Gasteiger partial charge in [-0.3, -0.25) is 0 Å². The molecule has 0 saturated heterocycles. The lowest BCUT2D eigenvalue weighted by Crippen LogP contribution is -2.21. The van der Waals surface area contributed by atoms with E-state index < -0.39 is 0 Å². The molecule has 0 radical (unpaired) electrons. The molecule has 2 heteroatoms. The summed E-state index contributed by atoms with van der Waals surface area (Å²) < 4.78 is 0. The van der Waals surface area contributed by atoms with Gasteiger partial charge in [0.25, 0.3) is 0 Å². The maximum atomic E-state index is 9.69. The summed E-state index contributed by atoms with van der Waals surface area (Å²) in [4.78, 5) is 2.45. The van der Waals surface area contributed by atoms with Crippen LogP contribution < -0.4 is 4.90 Å². The Labute approximate surface area is 120 Å². The normalized spacial score (nSPS) is 15.2. The van der Waals surface area contributed by atoms with Gasteiger partial charge in [0, 0.05) is 25.2 Å². The Morgan fingerprint density at radius 1 is 1.10 bits per heavy atom. The highest BCUT2D eigenvalue weighted by Gasteiger charge is 2.22. The molecule has 2 aromatic carbocycles. The van der Waals surface area contributed by atoms with Gasteiger partial charge < -0.3 is 10.0 Å². The lowest BCUT2D eigenvalue weighted by Gasteiger charge is -2.23. The molecule has 1 aliphatic heterocycles. The molecule has 0 fully saturated rings. The molecule has 0 aliphatic carbocycles. The predicted molar refractivity (Wildman–Crippen MR) is 83.0 cm³/mol. The van der Waals surface area contributed by atoms with E-state index in [0.29, 0.717) is 0 Å². The Morgan fingerprint density at radius 2 is 1.90 bits per heavy atom. The Kier molecular flexibility index (Phi) is 3.75. The molecule has 1 aliphatic rings. The summed E-state index contributed by atoms with van der Waals surface area (Å²) in [7, 11) is 0. The molecular formula is C18H21NO. The summed E-state index contributed by atoms with van der Waals surface area (Å²) in [6.45, 7) is 3.88. The molecule has 0 amide bonds. The van der Waals surface area contributed by atoms with Crippen LogP contribution in [0.3, 0.4) is 0 Å². The molecule has 0 saturated carbocycles. The van der Waals surface area contributed by atoms with Crippen LogP contribution in [0.5, 0.6) is 0 Å². The van der Waals surface area contributed by atoms with Crippen molar-refractivity contribution in [2.24, 2.45) is 0 Å². The van der Waals surface area contributed by atoms with Crippen molar-refractivity contribution in [3.8, 4) is 0 Å². The van der Waals surface area contributed by atoms with Crippen molar-refractivity contribution in [3.63, 3.8) is 0 Å². The zero-order valence-electron chi connectivity index (χ0n) is 11.9. The number of rotatable bonds is 4. The van der Waals surface area contributed by atoms with Crippen molar-refractivity contribution in [2.75, 3.05) is 11.4 Å². The van der Waals surface area contributed by atoms with Crippen LogP contribution in [-0.4, -0.2) is 17.8 Å². The number of nitrogens with zero attached hydrogens (tertiary/aromatic N) is 1. The van der Waals surface area contributed by atoms with Crippen molar-refractivity contribution in [1.82, 2.24) is 0 Å². The number of para-hydroxylation sites is 1. The molecule has 0 aromatic heterocycles. The highest BCUT2D eigenvalue weighted by molar-refractivity contribution is 5.63. The summed E-state index contributed by atoms with van der Waals surface area (Å²) in [5.41, 5.74) is 5.37. The van der Waals surface area contributed by atoms with Crippen LogP contribution in [0.4, 0.5) is 5.69 Å². The van der Waals surface area contributed by atoms with E-state index >= 15 is 0 Å². The van der Waals surface area contributed by atoms with E-state index in [9.17, 15) is 5.11 Å². The van der Waals surface area contributed by atoms with Gasteiger partial charge in [0.2, 0.25) is 0 Å². The SMILES string of the molecule is CC(O)Cc1cccc2c1N(Cc1ccccc1)CC2. The fourth-order valence-electron chi connectivity index (χ4n) is 3.06. The fourth-order valence-corrected chi connectivity index (χ4v) is 3.06. The molecule has 0 spiro atoms. The molecule has 1 atom stereocenters. The zero-order chi connectivity index (χ0) is 13.9. The molecule has 20 heavy (non-hydrogen) atoms. The number of fused-ring (bicyclic) bond motifs is 1. The van der Waals surface area contributed by atoms with Crippen molar-refractivity contribution < 1.29 is 5.11 Å². The number of aliphatic hydroxyl groups is 1. The largest absolute Gasteiger partial charge is 0.393 e. The molecule has 1 N–H and O–H groups in total. The van der Waals surface area contributed by atoms with E-state index in [1.54, 1.807) is 0 Å². The van der Waals surface area contributed by atoms with Crippen LogP contribution >= 0.6 is 0 Å². The minimum absolute atomic E-state index is 0.291. The molecule has 1 unspecified atom stereocenters. The summed E-state index contributed by atoms with van der Waals surface area (Å²) in [5, 5.41) is 9.69. The first kappa shape index (κ1) is 13.2. The van der Waals surface area contributed by atoms with Crippen LogP contribution in [0.1, 0.15) is 23.6 Å². The summed E-state index contributed by atoms with van der Waals surface area (Å²) in [6.07, 6.45) is 1.55. The van der Waals surface area contributed by atoms with Gasteiger partial charge in [0.15, 0.2) is 0 Å². The Morgan fingerprint density at radius 3 is 2.65 bits per heavy atom. The zero-order valence-corrected chi connectivity index (χ0v) is 11.9. The second-order valence-corrected chi connectivity index (χ2v) is 5.64. The first-order valence-corrected chi connectivity index (χ1v) is 7.32. The maximum Gasteiger partial charge on any atom is 0.0553 e. The van der Waals surface area contributed by atoms with Gasteiger partial charge in [-0.1, -0.05) is 48.5 Å². The van der Waals surface area contributed by atoms with Gasteiger partial charge in [-0.2, -0.15) is 0 Å². The smallest absolute Gasteiger partial charge is 0.0553 e. The second-order valence-electron chi connectivity index (χ2n) is 5.64. The lowest BCUT2D eigenvalue weighted by molar-refractivity contribution is 0.195. The number of hydrogen-bond donors (Lipinski definition) is 1. The van der Waals surface area contributed by atoms with E-state index in [2.05, 4.69) is 53.4 Å². The van der Waals surface area contributed by atoms with Gasteiger partial charge in [-0.25, -0.2) is 0 Å². The van der Waals surface area contributed by atoms with Crippen LogP contribution in [0.25, 0.3) is 0 Å². The monoisotopic (exact) mass is 267 g/mol. The molecule has 104 valence electrons. The minimum Gasteiger partial charge on any atom is -0.393 e. The van der Waals surface area contributed by atoms with Crippen LogP contribution in [0, 0.1) is 0 Å². The quantitative estimate of drug-likeness (QED) is 0.919. The average molecular weight is 267 g/mol. The van der Waals surface area contributed by atoms with Gasteiger partial charge in [-0.05, 0) is 30.0 Å². The number of anilines is 1. The molecule has 3 rings (SSSR count). The summed E-state index contributed by atoms with van der Waals surface area (Å²) in [6, 6.07) is 17.1. The first-order valence-electron chi connectivity index (χ1n) is 7.32. The van der Waals surface area contributed by atoms with Crippen LogP contribution in [-0.2, 0) is 19.4 Å². The first-order chi connectivity index (χ1) is 9.74. The van der Waals surface area contributed by atoms with E-state index in [1.165, 1.54) is 22.4 Å². The highest BCUT2D eigenvalue weighted by Crippen LogP contribution is 2.33. The summed E-state index contributed by atoms with van der Waals surface area (Å²) in [5.74, 6) is 0. The van der Waals surface area contributed by atoms with Crippen molar-refractivity contribution in [1.29, 1.82) is 0 Å². The van der Waals surface area contributed by atoms with Gasteiger partial charge in [0.05, 0.1) is 6.10 Å². The van der Waals surface area contributed by atoms with Crippen molar-refractivity contribution in [3.05, 3.63) is 65.2 Å². The van der Waals surface area contributed by atoms with Crippen molar-refractivity contribution in [2.45, 2.75) is 32.4 Å². The average Bonchev–Trinajstić information content (AvgIpc) is 2.84. The van der Waals surface area contributed by atoms with E-state index in [4.69, 9.17) is 0 Å². The third kappa shape index (κ3) is 2.70. The number of benzene rings is 2. The molecule has 2 nitrogen and oxygen atoms in total. The fraction of sp³-hybridized carbons (Fsp3) is 0.333. The van der Waals surface area contributed by atoms with Gasteiger partial charge >= 0.3 is 0 Å². The predicted octanol–water partition coefficient (Wildman–Crippen LogP) is 3.17. The third-order valence-electron chi connectivity index (χ3n) is 3.90. The molecule has 0 bridgehead atoms. The van der Waals surface area contributed by atoms with E-state index in [0.717, 1.165) is 25.9 Å². The third-order valence-corrected chi connectivity index (χ3v) is 3.90. The Bertz CT molecular complexity index is 577. The Hall–Kier alpha value is -1.80. The lowest BCUT2D eigenvalue weighted by atomic mass is 10.0. The van der Waals surface area contributed by atoms with E-state index in [1.807, 2.05) is 6.92 Å². The molecule has 1 heterocycles. The number of hydrogen-bond acceptors (Lipinski definition) is 2. The maximum absolute atomic E-state index is 9.69. The van der Waals surface area contributed by atoms with E-state index in [-0.39, 0.29) is 6.10 Å². The number of aliphatic hydroxyl groups excluding tert-OH is 1. The van der Waals surface area contributed by atoms with Crippen LogP contribution in [0.2, 0.25) is 0 Å². The minimum atomic E-state index is -0.291. The second kappa shape index (κ2) is 5.68.